The largest absolute Gasteiger partial charge is 0.502 e. The minimum atomic E-state index is -3.51. The fourth-order valence-electron chi connectivity index (χ4n) is 2.38. The molecule has 0 unspecified atom stereocenters. The Morgan fingerprint density at radius 2 is 1.86 bits per heavy atom. The molecule has 3 rings (SSSR count). The van der Waals surface area contributed by atoms with Gasteiger partial charge in [-0.25, -0.2) is 12.7 Å². The van der Waals surface area contributed by atoms with Crippen LogP contribution in [0.1, 0.15) is 6.42 Å². The van der Waals surface area contributed by atoms with E-state index in [1.165, 1.54) is 7.11 Å². The maximum atomic E-state index is 11.9. The van der Waals surface area contributed by atoms with Gasteiger partial charge >= 0.3 is 0 Å². The van der Waals surface area contributed by atoms with E-state index < -0.39 is 21.5 Å². The Hall–Kier alpha value is -2.35. The SMILES string of the molecule is COc1ccc(-c2oc(N3CCCS3(=O)=O)c(O)c2O)cc1. The number of hydrogen-bond acceptors (Lipinski definition) is 6. The standard InChI is InChI=1S/C14H15NO6S/c1-20-10-5-3-9(4-6-10)13-11(16)12(17)14(21-13)15-7-2-8-22(15,18)19/h3-6,16-17H,2,7-8H2,1H3. The normalized spacial score (nSPS) is 16.9. The number of nitrogens with zero attached hydrogens (tertiary/aromatic N) is 1. The van der Waals surface area contributed by atoms with Gasteiger partial charge in [-0.05, 0) is 30.7 Å². The topological polar surface area (TPSA) is 100 Å². The lowest BCUT2D eigenvalue weighted by Crippen LogP contribution is -2.24. The van der Waals surface area contributed by atoms with Crippen molar-refractivity contribution in [3.8, 4) is 28.6 Å². The summed E-state index contributed by atoms with van der Waals surface area (Å²) in [4.78, 5) is 0. The van der Waals surface area contributed by atoms with Crippen LogP contribution >= 0.6 is 0 Å². The van der Waals surface area contributed by atoms with Crippen molar-refractivity contribution in [1.82, 2.24) is 0 Å². The molecule has 0 aliphatic carbocycles. The van der Waals surface area contributed by atoms with Crippen molar-refractivity contribution in [1.29, 1.82) is 0 Å². The highest BCUT2D eigenvalue weighted by atomic mass is 32.2. The van der Waals surface area contributed by atoms with Gasteiger partial charge in [-0.3, -0.25) is 0 Å². The van der Waals surface area contributed by atoms with E-state index in [1.54, 1.807) is 24.3 Å². The summed E-state index contributed by atoms with van der Waals surface area (Å²) in [6.07, 6.45) is 0.446. The molecule has 0 spiro atoms. The summed E-state index contributed by atoms with van der Waals surface area (Å²) in [5.41, 5.74) is 0.497. The average Bonchev–Trinajstić information content (AvgIpc) is 3.00. The maximum Gasteiger partial charge on any atom is 0.256 e. The minimum Gasteiger partial charge on any atom is -0.502 e. The summed E-state index contributed by atoms with van der Waals surface area (Å²) >= 11 is 0. The van der Waals surface area contributed by atoms with Gasteiger partial charge < -0.3 is 19.4 Å². The van der Waals surface area contributed by atoms with Crippen LogP contribution in [0.2, 0.25) is 0 Å². The molecule has 7 nitrogen and oxygen atoms in total. The summed E-state index contributed by atoms with van der Waals surface area (Å²) in [7, 11) is -1.98. The lowest BCUT2D eigenvalue weighted by atomic mass is 10.1. The number of sulfonamides is 1. The van der Waals surface area contributed by atoms with Crippen LogP contribution in [0.3, 0.4) is 0 Å². The first-order valence-electron chi connectivity index (χ1n) is 6.63. The monoisotopic (exact) mass is 325 g/mol. The van der Waals surface area contributed by atoms with Crippen molar-refractivity contribution in [3.05, 3.63) is 24.3 Å². The molecule has 1 aromatic heterocycles. The van der Waals surface area contributed by atoms with Crippen molar-refractivity contribution < 1.29 is 27.8 Å². The predicted octanol–water partition coefficient (Wildman–Crippen LogP) is 1.91. The van der Waals surface area contributed by atoms with Gasteiger partial charge in [0.25, 0.3) is 5.88 Å². The summed E-state index contributed by atoms with van der Waals surface area (Å²) in [6.45, 7) is 0.213. The highest BCUT2D eigenvalue weighted by molar-refractivity contribution is 7.93. The van der Waals surface area contributed by atoms with Gasteiger partial charge in [0.1, 0.15) is 5.75 Å². The van der Waals surface area contributed by atoms with Crippen LogP contribution in [0.4, 0.5) is 5.88 Å². The van der Waals surface area contributed by atoms with Crippen molar-refractivity contribution >= 4 is 15.9 Å². The second-order valence-corrected chi connectivity index (χ2v) is 6.92. The quantitative estimate of drug-likeness (QED) is 0.894. The van der Waals surface area contributed by atoms with Crippen LogP contribution in [0, 0.1) is 0 Å². The molecule has 0 radical (unpaired) electrons. The molecule has 1 aliphatic rings. The van der Waals surface area contributed by atoms with Crippen LogP contribution in [-0.4, -0.2) is 38.0 Å². The van der Waals surface area contributed by atoms with E-state index in [-0.39, 0.29) is 23.9 Å². The van der Waals surface area contributed by atoms with Crippen molar-refractivity contribution in [2.24, 2.45) is 0 Å². The Balaban J connectivity index is 2.05. The van der Waals surface area contributed by atoms with Gasteiger partial charge in [0.05, 0.1) is 12.9 Å². The van der Waals surface area contributed by atoms with E-state index in [0.717, 1.165) is 4.31 Å². The summed E-state index contributed by atoms with van der Waals surface area (Å²) in [5, 5.41) is 20.0. The smallest absolute Gasteiger partial charge is 0.256 e. The molecule has 1 fully saturated rings. The van der Waals surface area contributed by atoms with Crippen molar-refractivity contribution in [2.45, 2.75) is 6.42 Å². The Bertz CT molecular complexity index is 793. The zero-order valence-corrected chi connectivity index (χ0v) is 12.6. The van der Waals surface area contributed by atoms with Gasteiger partial charge in [-0.2, -0.15) is 0 Å². The van der Waals surface area contributed by atoms with Gasteiger partial charge in [0.2, 0.25) is 21.5 Å². The van der Waals surface area contributed by atoms with E-state index in [1.807, 2.05) is 0 Å². The van der Waals surface area contributed by atoms with Gasteiger partial charge in [-0.1, -0.05) is 0 Å². The third-order valence-corrected chi connectivity index (χ3v) is 5.34. The van der Waals surface area contributed by atoms with Gasteiger partial charge in [-0.15, -0.1) is 0 Å². The first-order chi connectivity index (χ1) is 10.4. The molecule has 0 amide bonds. The predicted molar refractivity (Wildman–Crippen MR) is 79.8 cm³/mol. The first-order valence-corrected chi connectivity index (χ1v) is 8.24. The Kier molecular flexibility index (Phi) is 3.40. The summed E-state index contributed by atoms with van der Waals surface area (Å²) < 4.78 is 35.3. The number of hydrogen-bond donors (Lipinski definition) is 2. The zero-order chi connectivity index (χ0) is 15.9. The molecule has 0 bridgehead atoms. The maximum absolute atomic E-state index is 11.9. The van der Waals surface area contributed by atoms with Crippen LogP contribution < -0.4 is 9.04 Å². The molecular formula is C14H15NO6S. The number of aromatic hydroxyl groups is 2. The van der Waals surface area contributed by atoms with Gasteiger partial charge in [0.15, 0.2) is 5.76 Å². The Morgan fingerprint density at radius 1 is 1.18 bits per heavy atom. The van der Waals surface area contributed by atoms with E-state index in [2.05, 4.69) is 0 Å². The molecule has 1 saturated heterocycles. The number of furan rings is 1. The van der Waals surface area contributed by atoms with Crippen LogP contribution in [0.15, 0.2) is 28.7 Å². The number of benzene rings is 1. The molecule has 0 atom stereocenters. The third kappa shape index (κ3) is 2.25. The highest BCUT2D eigenvalue weighted by Crippen LogP contribution is 2.48. The molecule has 1 aromatic carbocycles. The summed E-state index contributed by atoms with van der Waals surface area (Å²) in [5.74, 6) is -0.677. The molecule has 1 aliphatic heterocycles. The number of ether oxygens (including phenoxy) is 1. The fraction of sp³-hybridized carbons (Fsp3) is 0.286. The molecule has 2 aromatic rings. The fourth-order valence-corrected chi connectivity index (χ4v) is 3.87. The minimum absolute atomic E-state index is 0.00816. The molecule has 2 heterocycles. The Labute approximate surface area is 127 Å². The lowest BCUT2D eigenvalue weighted by molar-refractivity contribution is 0.409. The summed E-state index contributed by atoms with van der Waals surface area (Å²) in [6, 6.07) is 6.61. The van der Waals surface area contributed by atoms with Crippen LogP contribution in [0.25, 0.3) is 11.3 Å². The van der Waals surface area contributed by atoms with Crippen molar-refractivity contribution in [3.63, 3.8) is 0 Å². The van der Waals surface area contributed by atoms with Crippen LogP contribution in [0.5, 0.6) is 17.2 Å². The molecule has 2 N–H and O–H groups in total. The molecule has 8 heteroatoms. The third-order valence-electron chi connectivity index (χ3n) is 3.52. The number of anilines is 1. The zero-order valence-electron chi connectivity index (χ0n) is 11.8. The van der Waals surface area contributed by atoms with E-state index >= 15 is 0 Å². The van der Waals surface area contributed by atoms with E-state index in [0.29, 0.717) is 17.7 Å². The lowest BCUT2D eigenvalue weighted by Gasteiger charge is -2.12. The Morgan fingerprint density at radius 3 is 2.41 bits per heavy atom. The second-order valence-electron chi connectivity index (χ2n) is 4.90. The van der Waals surface area contributed by atoms with E-state index in [4.69, 9.17) is 9.15 Å². The van der Waals surface area contributed by atoms with Crippen LogP contribution in [-0.2, 0) is 10.0 Å². The number of methoxy groups -OCH3 is 1. The molecule has 0 saturated carbocycles. The van der Waals surface area contributed by atoms with Gasteiger partial charge in [0, 0.05) is 12.1 Å². The van der Waals surface area contributed by atoms with E-state index in [9.17, 15) is 18.6 Å². The number of rotatable bonds is 3. The van der Waals surface area contributed by atoms with Crippen molar-refractivity contribution in [2.75, 3.05) is 23.7 Å². The second kappa shape index (κ2) is 5.13. The molecule has 118 valence electrons. The average molecular weight is 325 g/mol. The first kappa shape index (κ1) is 14.6. The molecule has 22 heavy (non-hydrogen) atoms. The molecular weight excluding hydrogens is 310 g/mol. The highest BCUT2D eigenvalue weighted by Gasteiger charge is 2.35.